The van der Waals surface area contributed by atoms with E-state index >= 15 is 0 Å². The van der Waals surface area contributed by atoms with Gasteiger partial charge in [-0.25, -0.2) is 4.98 Å². The largest absolute Gasteiger partial charge is 0.493 e. The fraction of sp³-hybridized carbons (Fsp3) is 0.0909. The van der Waals surface area contributed by atoms with Crippen LogP contribution in [-0.4, -0.2) is 25.4 Å². The third kappa shape index (κ3) is 3.53. The fourth-order valence-electron chi connectivity index (χ4n) is 2.77. The molecule has 1 heterocycles. The van der Waals surface area contributed by atoms with E-state index in [0.717, 1.165) is 27.9 Å². The summed E-state index contributed by atoms with van der Waals surface area (Å²) < 4.78 is 16.4. The van der Waals surface area contributed by atoms with E-state index in [9.17, 15) is 0 Å². The molecule has 0 aliphatic heterocycles. The summed E-state index contributed by atoms with van der Waals surface area (Å²) in [4.78, 5) is 9.02. The van der Waals surface area contributed by atoms with Gasteiger partial charge in [0.2, 0.25) is 5.89 Å². The Morgan fingerprint density at radius 2 is 1.67 bits per heavy atom. The molecule has 0 aliphatic rings. The molecular weight excluding hydrogens is 340 g/mol. The first-order valence-electron chi connectivity index (χ1n) is 8.49. The van der Waals surface area contributed by atoms with Crippen molar-refractivity contribution in [2.75, 3.05) is 14.2 Å². The lowest BCUT2D eigenvalue weighted by atomic mass is 10.2. The van der Waals surface area contributed by atoms with Crippen LogP contribution in [0.4, 0.5) is 5.69 Å². The number of rotatable bonds is 5. The number of methoxy groups -OCH3 is 2. The standard InChI is InChI=1S/C22H18N2O3/c1-25-20-12-7-15(13-21(20)26-2)14-23-17-10-8-16(9-11-17)22-24-18-5-3-4-6-19(18)27-22/h3-14H,1-2H3. The number of oxazole rings is 1. The maximum atomic E-state index is 5.80. The van der Waals surface area contributed by atoms with Gasteiger partial charge in [-0.1, -0.05) is 12.1 Å². The summed E-state index contributed by atoms with van der Waals surface area (Å²) >= 11 is 0. The molecule has 5 nitrogen and oxygen atoms in total. The summed E-state index contributed by atoms with van der Waals surface area (Å²) in [7, 11) is 3.23. The van der Waals surface area contributed by atoms with Crippen LogP contribution in [0.15, 0.2) is 76.1 Å². The summed E-state index contributed by atoms with van der Waals surface area (Å²) in [5.41, 5.74) is 4.31. The van der Waals surface area contributed by atoms with Crippen LogP contribution < -0.4 is 9.47 Å². The number of ether oxygens (including phenoxy) is 2. The van der Waals surface area contributed by atoms with E-state index in [0.29, 0.717) is 17.4 Å². The molecule has 0 amide bonds. The average Bonchev–Trinajstić information content (AvgIpc) is 3.16. The van der Waals surface area contributed by atoms with E-state index in [-0.39, 0.29) is 0 Å². The first-order chi connectivity index (χ1) is 13.3. The molecule has 0 spiro atoms. The van der Waals surface area contributed by atoms with Gasteiger partial charge >= 0.3 is 0 Å². The predicted octanol–water partition coefficient (Wildman–Crippen LogP) is 5.26. The van der Waals surface area contributed by atoms with Crippen molar-refractivity contribution in [3.63, 3.8) is 0 Å². The Morgan fingerprint density at radius 1 is 0.889 bits per heavy atom. The van der Waals surface area contributed by atoms with E-state index in [4.69, 9.17) is 13.9 Å². The van der Waals surface area contributed by atoms with Gasteiger partial charge < -0.3 is 13.9 Å². The molecule has 5 heteroatoms. The number of hydrogen-bond donors (Lipinski definition) is 0. The highest BCUT2D eigenvalue weighted by Gasteiger charge is 2.07. The average molecular weight is 358 g/mol. The Kier molecular flexibility index (Phi) is 4.58. The highest BCUT2D eigenvalue weighted by Crippen LogP contribution is 2.28. The van der Waals surface area contributed by atoms with Crippen LogP contribution in [0.5, 0.6) is 11.5 Å². The zero-order chi connectivity index (χ0) is 18.6. The van der Waals surface area contributed by atoms with E-state index in [1.165, 1.54) is 0 Å². The molecule has 0 saturated heterocycles. The van der Waals surface area contributed by atoms with Crippen molar-refractivity contribution >= 4 is 23.0 Å². The smallest absolute Gasteiger partial charge is 0.227 e. The molecule has 0 fully saturated rings. The number of aliphatic imine (C=N–C) groups is 1. The Bertz CT molecular complexity index is 1070. The highest BCUT2D eigenvalue weighted by atomic mass is 16.5. The first-order valence-corrected chi connectivity index (χ1v) is 8.49. The maximum Gasteiger partial charge on any atom is 0.227 e. The molecule has 134 valence electrons. The summed E-state index contributed by atoms with van der Waals surface area (Å²) in [6.07, 6.45) is 1.79. The van der Waals surface area contributed by atoms with Crippen LogP contribution in [0.1, 0.15) is 5.56 Å². The number of hydrogen-bond acceptors (Lipinski definition) is 5. The zero-order valence-electron chi connectivity index (χ0n) is 15.0. The van der Waals surface area contributed by atoms with Crippen LogP contribution >= 0.6 is 0 Å². The number of aromatic nitrogens is 1. The van der Waals surface area contributed by atoms with Gasteiger partial charge in [0.1, 0.15) is 5.52 Å². The number of para-hydroxylation sites is 2. The second kappa shape index (κ2) is 7.33. The van der Waals surface area contributed by atoms with Crippen LogP contribution in [-0.2, 0) is 0 Å². The normalized spacial score (nSPS) is 11.2. The topological polar surface area (TPSA) is 56.9 Å². The fourth-order valence-corrected chi connectivity index (χ4v) is 2.77. The van der Waals surface area contributed by atoms with Crippen molar-refractivity contribution in [2.45, 2.75) is 0 Å². The molecule has 3 aromatic carbocycles. The molecule has 0 bridgehead atoms. The second-order valence-corrected chi connectivity index (χ2v) is 5.91. The van der Waals surface area contributed by atoms with Gasteiger partial charge in [0.15, 0.2) is 17.1 Å². The van der Waals surface area contributed by atoms with E-state index in [1.54, 1.807) is 20.4 Å². The Labute approximate surface area is 156 Å². The molecule has 0 unspecified atom stereocenters. The quantitative estimate of drug-likeness (QED) is 0.457. The van der Waals surface area contributed by atoms with Crippen LogP contribution in [0.25, 0.3) is 22.6 Å². The predicted molar refractivity (Wildman–Crippen MR) is 106 cm³/mol. The molecular formula is C22H18N2O3. The molecule has 0 aliphatic carbocycles. The summed E-state index contributed by atoms with van der Waals surface area (Å²) in [6, 6.07) is 21.2. The van der Waals surface area contributed by atoms with Gasteiger partial charge in [-0.05, 0) is 60.2 Å². The number of nitrogens with zero attached hydrogens (tertiary/aromatic N) is 2. The molecule has 0 atom stereocenters. The van der Waals surface area contributed by atoms with E-state index in [1.807, 2.05) is 66.7 Å². The van der Waals surface area contributed by atoms with Crippen molar-refractivity contribution in [3.05, 3.63) is 72.3 Å². The van der Waals surface area contributed by atoms with Crippen molar-refractivity contribution in [1.82, 2.24) is 4.98 Å². The zero-order valence-corrected chi connectivity index (χ0v) is 15.0. The van der Waals surface area contributed by atoms with Gasteiger partial charge in [-0.2, -0.15) is 0 Å². The number of fused-ring (bicyclic) bond motifs is 1. The molecule has 4 aromatic rings. The third-order valence-electron chi connectivity index (χ3n) is 4.18. The summed E-state index contributed by atoms with van der Waals surface area (Å²) in [5, 5.41) is 0. The van der Waals surface area contributed by atoms with Crippen molar-refractivity contribution < 1.29 is 13.9 Å². The van der Waals surface area contributed by atoms with Gasteiger partial charge in [0.25, 0.3) is 0 Å². The highest BCUT2D eigenvalue weighted by molar-refractivity contribution is 5.83. The Balaban J connectivity index is 1.54. The van der Waals surface area contributed by atoms with E-state index < -0.39 is 0 Å². The summed E-state index contributed by atoms with van der Waals surface area (Å²) in [5.74, 6) is 1.97. The first kappa shape index (κ1) is 16.8. The van der Waals surface area contributed by atoms with E-state index in [2.05, 4.69) is 9.98 Å². The van der Waals surface area contributed by atoms with Gasteiger partial charge in [-0.15, -0.1) is 0 Å². The van der Waals surface area contributed by atoms with Gasteiger partial charge in [-0.3, -0.25) is 4.99 Å². The Hall–Kier alpha value is -3.60. The summed E-state index contributed by atoms with van der Waals surface area (Å²) in [6.45, 7) is 0. The van der Waals surface area contributed by atoms with Gasteiger partial charge in [0.05, 0.1) is 19.9 Å². The van der Waals surface area contributed by atoms with Crippen molar-refractivity contribution in [3.8, 4) is 23.0 Å². The lowest BCUT2D eigenvalue weighted by Gasteiger charge is -2.07. The maximum absolute atomic E-state index is 5.80. The van der Waals surface area contributed by atoms with Crippen LogP contribution in [0.2, 0.25) is 0 Å². The van der Waals surface area contributed by atoms with Crippen LogP contribution in [0.3, 0.4) is 0 Å². The van der Waals surface area contributed by atoms with Crippen LogP contribution in [0, 0.1) is 0 Å². The molecule has 0 saturated carbocycles. The van der Waals surface area contributed by atoms with Gasteiger partial charge in [0, 0.05) is 11.8 Å². The molecule has 4 rings (SSSR count). The lowest BCUT2D eigenvalue weighted by Crippen LogP contribution is -1.91. The third-order valence-corrected chi connectivity index (χ3v) is 4.18. The second-order valence-electron chi connectivity index (χ2n) is 5.91. The van der Waals surface area contributed by atoms with Crippen molar-refractivity contribution in [1.29, 1.82) is 0 Å². The minimum atomic E-state index is 0.603. The molecule has 1 aromatic heterocycles. The minimum absolute atomic E-state index is 0.603. The molecule has 0 radical (unpaired) electrons. The lowest BCUT2D eigenvalue weighted by molar-refractivity contribution is 0.355. The molecule has 27 heavy (non-hydrogen) atoms. The minimum Gasteiger partial charge on any atom is -0.493 e. The Morgan fingerprint density at radius 3 is 2.41 bits per heavy atom. The SMILES string of the molecule is COc1ccc(C=Nc2ccc(-c3nc4ccccc4o3)cc2)cc1OC. The number of benzene rings is 3. The monoisotopic (exact) mass is 358 g/mol. The van der Waals surface area contributed by atoms with Crippen molar-refractivity contribution in [2.24, 2.45) is 4.99 Å². The molecule has 0 N–H and O–H groups in total.